The molecule has 2 aromatic carbocycles. The van der Waals surface area contributed by atoms with Gasteiger partial charge in [-0.1, -0.05) is 36.4 Å². The Morgan fingerprint density at radius 3 is 2.46 bits per heavy atom. The number of aliphatic imine (C=N–C) groups is 1. The van der Waals surface area contributed by atoms with E-state index in [0.717, 1.165) is 22.3 Å². The molecule has 0 amide bonds. The number of aryl methyl sites for hydroxylation is 1. The molecule has 2 N–H and O–H groups in total. The van der Waals surface area contributed by atoms with Crippen LogP contribution >= 0.6 is 0 Å². The summed E-state index contributed by atoms with van der Waals surface area (Å²) in [6.45, 7) is 5.30. The van der Waals surface area contributed by atoms with E-state index in [1.807, 2.05) is 38.1 Å². The molecule has 28 heavy (non-hydrogen) atoms. The summed E-state index contributed by atoms with van der Waals surface area (Å²) >= 11 is 0. The number of hydrogen-bond acceptors (Lipinski definition) is 4. The first kappa shape index (κ1) is 19.9. The molecular weight excluding hydrogens is 374 g/mol. The Morgan fingerprint density at radius 2 is 1.75 bits per heavy atom. The maximum Gasteiger partial charge on any atom is 0.191 e. The van der Waals surface area contributed by atoms with Crippen molar-refractivity contribution >= 4 is 26.8 Å². The van der Waals surface area contributed by atoms with Crippen LogP contribution in [0.15, 0.2) is 68.9 Å². The molecule has 0 radical (unpaired) electrons. The third kappa shape index (κ3) is 4.72. The van der Waals surface area contributed by atoms with Crippen LogP contribution in [0.5, 0.6) is 0 Å². The van der Waals surface area contributed by atoms with Gasteiger partial charge in [0.25, 0.3) is 0 Å². The summed E-state index contributed by atoms with van der Waals surface area (Å²) in [6.07, 6.45) is 0. The standard InChI is InChI=1S/C21H25N3O3S/c1-3-22-21(23-13-14-28(25,26)17-9-5-4-6-10-17)24-15-20-16(2)18-11-7-8-12-19(18)27-20/h4-12H,3,13-15H2,1-2H3,(H2,22,23,24). The van der Waals surface area contributed by atoms with Crippen LogP contribution in [0, 0.1) is 6.92 Å². The molecule has 1 heterocycles. The van der Waals surface area contributed by atoms with Crippen molar-refractivity contribution in [3.8, 4) is 0 Å². The van der Waals surface area contributed by atoms with Crippen molar-refractivity contribution in [1.82, 2.24) is 10.6 Å². The van der Waals surface area contributed by atoms with E-state index in [1.54, 1.807) is 30.3 Å². The van der Waals surface area contributed by atoms with Gasteiger partial charge < -0.3 is 15.1 Å². The van der Waals surface area contributed by atoms with E-state index in [2.05, 4.69) is 15.6 Å². The van der Waals surface area contributed by atoms with Crippen LogP contribution in [-0.4, -0.2) is 33.2 Å². The van der Waals surface area contributed by atoms with Crippen LogP contribution in [0.25, 0.3) is 11.0 Å². The van der Waals surface area contributed by atoms with E-state index >= 15 is 0 Å². The van der Waals surface area contributed by atoms with Crippen LogP contribution < -0.4 is 10.6 Å². The molecule has 0 saturated heterocycles. The highest BCUT2D eigenvalue weighted by Gasteiger charge is 2.14. The zero-order valence-corrected chi connectivity index (χ0v) is 16.9. The van der Waals surface area contributed by atoms with Crippen molar-refractivity contribution in [2.45, 2.75) is 25.3 Å². The molecule has 0 spiro atoms. The number of rotatable bonds is 7. The minimum absolute atomic E-state index is 0.00884. The van der Waals surface area contributed by atoms with Gasteiger partial charge in [0, 0.05) is 24.0 Å². The second kappa shape index (κ2) is 8.93. The second-order valence-corrected chi connectivity index (χ2v) is 8.51. The van der Waals surface area contributed by atoms with Crippen LogP contribution in [0.3, 0.4) is 0 Å². The van der Waals surface area contributed by atoms with Crippen molar-refractivity contribution in [2.24, 2.45) is 4.99 Å². The molecule has 3 rings (SSSR count). The van der Waals surface area contributed by atoms with Gasteiger partial charge in [-0.2, -0.15) is 0 Å². The van der Waals surface area contributed by atoms with Gasteiger partial charge >= 0.3 is 0 Å². The average molecular weight is 400 g/mol. The Morgan fingerprint density at radius 1 is 1.04 bits per heavy atom. The van der Waals surface area contributed by atoms with Gasteiger partial charge in [0.1, 0.15) is 17.9 Å². The van der Waals surface area contributed by atoms with E-state index < -0.39 is 9.84 Å². The summed E-state index contributed by atoms with van der Waals surface area (Å²) in [4.78, 5) is 4.87. The number of para-hydroxylation sites is 1. The lowest BCUT2D eigenvalue weighted by Crippen LogP contribution is -2.39. The van der Waals surface area contributed by atoms with Gasteiger partial charge in [0.2, 0.25) is 0 Å². The number of nitrogens with zero attached hydrogens (tertiary/aromatic N) is 1. The molecule has 7 heteroatoms. The molecule has 0 atom stereocenters. The van der Waals surface area contributed by atoms with Gasteiger partial charge in [-0.3, -0.25) is 0 Å². The monoisotopic (exact) mass is 399 g/mol. The Balaban J connectivity index is 1.65. The lowest BCUT2D eigenvalue weighted by Gasteiger charge is -2.11. The molecule has 0 aliphatic heterocycles. The van der Waals surface area contributed by atoms with Gasteiger partial charge in [0.15, 0.2) is 15.8 Å². The van der Waals surface area contributed by atoms with E-state index in [9.17, 15) is 8.42 Å². The largest absolute Gasteiger partial charge is 0.459 e. The van der Waals surface area contributed by atoms with Crippen LogP contribution in [0.2, 0.25) is 0 Å². The Labute approximate surface area is 165 Å². The quantitative estimate of drug-likeness (QED) is 0.471. The second-order valence-electron chi connectivity index (χ2n) is 6.40. The lowest BCUT2D eigenvalue weighted by molar-refractivity contribution is 0.548. The predicted molar refractivity (Wildman–Crippen MR) is 112 cm³/mol. The van der Waals surface area contributed by atoms with Crippen LogP contribution in [0.4, 0.5) is 0 Å². The number of nitrogens with one attached hydrogen (secondary N) is 2. The lowest BCUT2D eigenvalue weighted by atomic mass is 10.1. The Bertz CT molecular complexity index is 1060. The maximum atomic E-state index is 12.4. The summed E-state index contributed by atoms with van der Waals surface area (Å²) in [5.41, 5.74) is 1.92. The minimum atomic E-state index is -3.33. The summed E-state index contributed by atoms with van der Waals surface area (Å²) in [6, 6.07) is 16.4. The molecule has 0 aliphatic carbocycles. The highest BCUT2D eigenvalue weighted by atomic mass is 32.2. The number of furan rings is 1. The van der Waals surface area contributed by atoms with Crippen molar-refractivity contribution < 1.29 is 12.8 Å². The molecule has 0 aliphatic rings. The molecule has 0 fully saturated rings. The van der Waals surface area contributed by atoms with E-state index in [-0.39, 0.29) is 12.3 Å². The molecule has 0 bridgehead atoms. The summed E-state index contributed by atoms with van der Waals surface area (Å²) in [5, 5.41) is 7.31. The Kier molecular flexibility index (Phi) is 6.36. The smallest absolute Gasteiger partial charge is 0.191 e. The van der Waals surface area contributed by atoms with Crippen LogP contribution in [-0.2, 0) is 16.4 Å². The first-order chi connectivity index (χ1) is 13.5. The number of hydrogen-bond donors (Lipinski definition) is 2. The van der Waals surface area contributed by atoms with Gasteiger partial charge in [-0.15, -0.1) is 0 Å². The van der Waals surface area contributed by atoms with Gasteiger partial charge in [-0.25, -0.2) is 13.4 Å². The van der Waals surface area contributed by atoms with Crippen LogP contribution in [0.1, 0.15) is 18.2 Å². The normalized spacial score (nSPS) is 12.3. The fourth-order valence-electron chi connectivity index (χ4n) is 2.92. The molecule has 148 valence electrons. The maximum absolute atomic E-state index is 12.4. The Hall–Kier alpha value is -2.80. The van der Waals surface area contributed by atoms with Gasteiger partial charge in [0.05, 0.1) is 10.6 Å². The van der Waals surface area contributed by atoms with Crippen molar-refractivity contribution in [3.63, 3.8) is 0 Å². The highest BCUT2D eigenvalue weighted by molar-refractivity contribution is 7.91. The number of sulfone groups is 1. The fourth-order valence-corrected chi connectivity index (χ4v) is 4.10. The summed E-state index contributed by atoms with van der Waals surface area (Å²) in [5.74, 6) is 1.35. The first-order valence-electron chi connectivity index (χ1n) is 9.28. The van der Waals surface area contributed by atoms with Crippen molar-refractivity contribution in [3.05, 3.63) is 65.9 Å². The SMILES string of the molecule is CCNC(=NCc1oc2ccccc2c1C)NCCS(=O)(=O)c1ccccc1. The fraction of sp³-hybridized carbons (Fsp3) is 0.286. The molecule has 1 aromatic heterocycles. The molecule has 0 saturated carbocycles. The molecule has 6 nitrogen and oxygen atoms in total. The first-order valence-corrected chi connectivity index (χ1v) is 10.9. The third-order valence-electron chi connectivity index (χ3n) is 4.43. The number of fused-ring (bicyclic) bond motifs is 1. The zero-order chi connectivity index (χ0) is 20.0. The van der Waals surface area contributed by atoms with Crippen molar-refractivity contribution in [1.29, 1.82) is 0 Å². The number of guanidine groups is 1. The van der Waals surface area contributed by atoms with E-state index in [0.29, 0.717) is 23.9 Å². The third-order valence-corrected chi connectivity index (χ3v) is 6.17. The topological polar surface area (TPSA) is 83.7 Å². The van der Waals surface area contributed by atoms with E-state index in [1.165, 1.54) is 0 Å². The predicted octanol–water partition coefficient (Wildman–Crippen LogP) is 3.27. The number of benzene rings is 2. The summed E-state index contributed by atoms with van der Waals surface area (Å²) < 4.78 is 30.6. The summed E-state index contributed by atoms with van der Waals surface area (Å²) in [7, 11) is -3.33. The van der Waals surface area contributed by atoms with Crippen molar-refractivity contribution in [2.75, 3.05) is 18.8 Å². The highest BCUT2D eigenvalue weighted by Crippen LogP contribution is 2.25. The van der Waals surface area contributed by atoms with Gasteiger partial charge in [-0.05, 0) is 32.0 Å². The molecule has 3 aromatic rings. The molecular formula is C21H25N3O3S. The minimum Gasteiger partial charge on any atom is -0.459 e. The zero-order valence-electron chi connectivity index (χ0n) is 16.1. The molecule has 0 unspecified atom stereocenters. The average Bonchev–Trinajstić information content (AvgIpc) is 3.03. The van der Waals surface area contributed by atoms with E-state index in [4.69, 9.17) is 4.42 Å².